The van der Waals surface area contributed by atoms with Gasteiger partial charge in [0.2, 0.25) is 0 Å². The van der Waals surface area contributed by atoms with Crippen molar-refractivity contribution in [3.8, 4) is 5.69 Å². The first-order valence-corrected chi connectivity index (χ1v) is 12.0. The van der Waals surface area contributed by atoms with Crippen LogP contribution in [0.2, 0.25) is 0 Å². The van der Waals surface area contributed by atoms with E-state index in [1.165, 1.54) is 24.8 Å². The van der Waals surface area contributed by atoms with Crippen molar-refractivity contribution < 1.29 is 5.11 Å². The third kappa shape index (κ3) is 2.49. The summed E-state index contributed by atoms with van der Waals surface area (Å²) < 4.78 is 1.99. The highest BCUT2D eigenvalue weighted by molar-refractivity contribution is 5.87. The number of fused-ring (bicyclic) bond motifs is 2. The Kier molecular flexibility index (Phi) is 3.57. The van der Waals surface area contributed by atoms with Crippen LogP contribution in [0, 0.1) is 10.8 Å². The Balaban J connectivity index is 1.26. The van der Waals surface area contributed by atoms with E-state index in [4.69, 9.17) is 5.10 Å². The van der Waals surface area contributed by atoms with E-state index in [0.29, 0.717) is 11.5 Å². The molecule has 7 nitrogen and oxygen atoms in total. The zero-order valence-electron chi connectivity index (χ0n) is 19.5. The Labute approximate surface area is 193 Å². The molecule has 2 saturated heterocycles. The Bertz CT molecular complexity index is 1310. The average Bonchev–Trinajstić information content (AvgIpc) is 3.44. The second kappa shape index (κ2) is 6.00. The van der Waals surface area contributed by atoms with Crippen molar-refractivity contribution in [2.24, 2.45) is 15.8 Å². The summed E-state index contributed by atoms with van der Waals surface area (Å²) in [7, 11) is 1.88. The molecule has 1 N–H and O–H groups in total. The highest BCUT2D eigenvalue weighted by Gasteiger charge is 2.73. The van der Waals surface area contributed by atoms with Crippen LogP contribution < -0.4 is 4.90 Å². The summed E-state index contributed by atoms with van der Waals surface area (Å²) in [5.41, 5.74) is 3.17. The minimum absolute atomic E-state index is 0.0408. The van der Waals surface area contributed by atoms with Crippen LogP contribution in [0.4, 0.5) is 5.82 Å². The van der Waals surface area contributed by atoms with Gasteiger partial charge in [-0.2, -0.15) is 10.2 Å². The molecule has 170 valence electrons. The molecular weight excluding hydrogens is 412 g/mol. The van der Waals surface area contributed by atoms with Crippen molar-refractivity contribution in [3.63, 3.8) is 0 Å². The van der Waals surface area contributed by atoms with Crippen LogP contribution >= 0.6 is 0 Å². The maximum absolute atomic E-state index is 10.7. The first kappa shape index (κ1) is 19.6. The lowest BCUT2D eigenvalue weighted by Crippen LogP contribution is -2.50. The topological polar surface area (TPSA) is 79.4 Å². The van der Waals surface area contributed by atoms with Gasteiger partial charge in [-0.3, -0.25) is 4.99 Å². The van der Waals surface area contributed by atoms with Gasteiger partial charge in [-0.25, -0.2) is 4.68 Å². The summed E-state index contributed by atoms with van der Waals surface area (Å²) in [5.74, 6) is 0.870. The average molecular weight is 443 g/mol. The largest absolute Gasteiger partial charge is 0.390 e. The number of aliphatic imine (C=N–C) groups is 1. The molecule has 3 aliphatic carbocycles. The van der Waals surface area contributed by atoms with Crippen LogP contribution in [0.1, 0.15) is 51.5 Å². The zero-order chi connectivity index (χ0) is 22.6. The van der Waals surface area contributed by atoms with Crippen LogP contribution in [0.5, 0.6) is 0 Å². The number of anilines is 1. The van der Waals surface area contributed by atoms with Crippen LogP contribution in [0.3, 0.4) is 0 Å². The van der Waals surface area contributed by atoms with E-state index in [0.717, 1.165) is 41.8 Å². The maximum atomic E-state index is 10.7. The monoisotopic (exact) mass is 442 g/mol. The predicted octanol–water partition coefficient (Wildman–Crippen LogP) is 3.68. The lowest BCUT2D eigenvalue weighted by atomic mass is 9.61. The van der Waals surface area contributed by atoms with Crippen molar-refractivity contribution in [2.75, 3.05) is 18.5 Å². The second-order valence-corrected chi connectivity index (χ2v) is 11.4. The van der Waals surface area contributed by atoms with Gasteiger partial charge in [-0.15, -0.1) is 5.10 Å². The molecule has 0 unspecified atom stereocenters. The summed E-state index contributed by atoms with van der Waals surface area (Å²) in [4.78, 5) is 6.75. The van der Waals surface area contributed by atoms with Gasteiger partial charge in [-0.05, 0) is 63.0 Å². The van der Waals surface area contributed by atoms with E-state index in [2.05, 4.69) is 50.6 Å². The Morgan fingerprint density at radius 1 is 1.18 bits per heavy atom. The zero-order valence-corrected chi connectivity index (χ0v) is 19.5. The van der Waals surface area contributed by atoms with Gasteiger partial charge in [0.25, 0.3) is 0 Å². The third-order valence-corrected chi connectivity index (χ3v) is 9.36. The molecule has 3 saturated carbocycles. The fraction of sp³-hybridized carbons (Fsp3) is 0.538. The molecule has 5 fully saturated rings. The minimum Gasteiger partial charge on any atom is -0.390 e. The molecule has 2 aliphatic heterocycles. The Morgan fingerprint density at radius 2 is 2.00 bits per heavy atom. The van der Waals surface area contributed by atoms with Gasteiger partial charge >= 0.3 is 0 Å². The van der Waals surface area contributed by atoms with E-state index >= 15 is 0 Å². The fourth-order valence-electron chi connectivity index (χ4n) is 6.86. The summed E-state index contributed by atoms with van der Waals surface area (Å²) >= 11 is 0. The lowest BCUT2D eigenvalue weighted by Gasteiger charge is -2.45. The Hall–Kier alpha value is -2.80. The third-order valence-electron chi connectivity index (χ3n) is 9.36. The molecule has 1 atom stereocenters. The standard InChI is InChI=1S/C26H30N6O/c1-23(2,33)25-10-20(11-25)31(16-25)22-9-19(13-28-30-22)32-21-8-18(5-4-17(21)12-29-32)26(15-27-3)14-24(26)6-7-24/h4-5,8-9,12-13,15,20,33H,6-7,10-11,14,16H2,1-3H3/t20?,25?,26-/m1/s1. The van der Waals surface area contributed by atoms with Crippen molar-refractivity contribution >= 4 is 22.9 Å². The normalized spacial score (nSPS) is 31.5. The molecule has 8 rings (SSSR count). The number of benzene rings is 1. The Morgan fingerprint density at radius 3 is 2.67 bits per heavy atom. The van der Waals surface area contributed by atoms with Gasteiger partial charge in [0.1, 0.15) is 0 Å². The minimum atomic E-state index is -0.683. The van der Waals surface area contributed by atoms with E-state index in [9.17, 15) is 5.11 Å². The first-order valence-electron chi connectivity index (χ1n) is 12.0. The predicted molar refractivity (Wildman–Crippen MR) is 128 cm³/mol. The van der Waals surface area contributed by atoms with Gasteiger partial charge in [-0.1, -0.05) is 12.1 Å². The molecule has 1 spiro atoms. The van der Waals surface area contributed by atoms with Gasteiger partial charge in [0, 0.05) is 48.1 Å². The quantitative estimate of drug-likeness (QED) is 0.610. The van der Waals surface area contributed by atoms with Crippen LogP contribution in [0.25, 0.3) is 16.6 Å². The molecule has 1 aromatic carbocycles. The summed E-state index contributed by atoms with van der Waals surface area (Å²) in [6.07, 6.45) is 11.7. The molecule has 0 amide bonds. The number of hydrogen-bond acceptors (Lipinski definition) is 6. The summed E-state index contributed by atoms with van der Waals surface area (Å²) in [6, 6.07) is 9.26. The molecule has 2 aromatic heterocycles. The molecule has 0 radical (unpaired) electrons. The van der Waals surface area contributed by atoms with Gasteiger partial charge in [0.15, 0.2) is 5.82 Å². The number of aromatic nitrogens is 4. The first-order chi connectivity index (χ1) is 15.8. The SMILES string of the molecule is CN=C[C@@]1(c2ccc3cnn(-c4cnnc(N5CC6(C(C)(C)O)CC5C6)c4)c3c2)CC12CC2. The number of hydrogen-bond donors (Lipinski definition) is 1. The summed E-state index contributed by atoms with van der Waals surface area (Å²) in [6.45, 7) is 4.69. The van der Waals surface area contributed by atoms with E-state index in [1.54, 1.807) is 6.20 Å². The maximum Gasteiger partial charge on any atom is 0.153 e. The number of nitrogens with zero attached hydrogens (tertiary/aromatic N) is 6. The second-order valence-electron chi connectivity index (χ2n) is 11.4. The number of rotatable bonds is 5. The van der Waals surface area contributed by atoms with Crippen LogP contribution in [-0.2, 0) is 5.41 Å². The molecule has 33 heavy (non-hydrogen) atoms. The highest BCUT2D eigenvalue weighted by atomic mass is 16.3. The summed E-state index contributed by atoms with van der Waals surface area (Å²) in [5, 5.41) is 25.3. The van der Waals surface area contributed by atoms with Crippen molar-refractivity contribution in [2.45, 2.75) is 63.0 Å². The van der Waals surface area contributed by atoms with Gasteiger partial charge < -0.3 is 10.0 Å². The molecule has 3 aromatic rings. The van der Waals surface area contributed by atoms with E-state index < -0.39 is 5.60 Å². The molecule has 7 heteroatoms. The van der Waals surface area contributed by atoms with Crippen LogP contribution in [0.15, 0.2) is 41.7 Å². The number of aliphatic hydroxyl groups is 1. The molecule has 2 bridgehead atoms. The van der Waals surface area contributed by atoms with E-state index in [1.807, 2.05) is 31.8 Å². The molecule has 5 aliphatic rings. The van der Waals surface area contributed by atoms with Crippen molar-refractivity contribution in [3.05, 3.63) is 42.2 Å². The van der Waals surface area contributed by atoms with Crippen molar-refractivity contribution in [1.82, 2.24) is 20.0 Å². The van der Waals surface area contributed by atoms with Crippen LogP contribution in [-0.4, -0.2) is 56.5 Å². The molecule has 4 heterocycles. The van der Waals surface area contributed by atoms with Gasteiger partial charge in [0.05, 0.1) is 29.2 Å². The van der Waals surface area contributed by atoms with Crippen molar-refractivity contribution in [1.29, 1.82) is 0 Å². The smallest absolute Gasteiger partial charge is 0.153 e. The fourth-order valence-corrected chi connectivity index (χ4v) is 6.86. The van der Waals surface area contributed by atoms with E-state index in [-0.39, 0.29) is 10.8 Å². The highest BCUT2D eigenvalue weighted by Crippen LogP contribution is 2.78. The lowest BCUT2D eigenvalue weighted by molar-refractivity contribution is -0.0754. The molecular formula is C26H30N6O.